The molecule has 0 unspecified atom stereocenters. The van der Waals surface area contributed by atoms with Crippen LogP contribution in [0.5, 0.6) is 0 Å². The molecule has 0 aromatic carbocycles. The van der Waals surface area contributed by atoms with Crippen LogP contribution in [0.2, 0.25) is 0 Å². The zero-order valence-electron chi connectivity index (χ0n) is 9.21. The van der Waals surface area contributed by atoms with E-state index >= 15 is 0 Å². The van der Waals surface area contributed by atoms with Gasteiger partial charge in [-0.3, -0.25) is 0 Å². The summed E-state index contributed by atoms with van der Waals surface area (Å²) in [5.74, 6) is 1.78. The lowest BCUT2D eigenvalue weighted by Crippen LogP contribution is -2.17. The molecule has 14 heavy (non-hydrogen) atoms. The lowest BCUT2D eigenvalue weighted by molar-refractivity contribution is 0.428. The van der Waals surface area contributed by atoms with E-state index in [2.05, 4.69) is 22.4 Å². The normalized spacial score (nSPS) is 11.1. The first-order chi connectivity index (χ1) is 6.74. The van der Waals surface area contributed by atoms with Crippen LogP contribution in [0.25, 0.3) is 0 Å². The lowest BCUT2D eigenvalue weighted by Gasteiger charge is -1.98. The second-order valence-electron chi connectivity index (χ2n) is 3.69. The van der Waals surface area contributed by atoms with E-state index in [4.69, 9.17) is 4.42 Å². The quantitative estimate of drug-likeness (QED) is 0.706. The van der Waals surface area contributed by atoms with Gasteiger partial charge in [-0.1, -0.05) is 20.8 Å². The molecule has 0 aliphatic rings. The minimum atomic E-state index is 0.319. The van der Waals surface area contributed by atoms with E-state index in [1.807, 2.05) is 13.8 Å². The first kappa shape index (κ1) is 11.2. The Kier molecular flexibility index (Phi) is 4.59. The molecule has 0 saturated heterocycles. The molecular formula is C10H19N3O. The van der Waals surface area contributed by atoms with Gasteiger partial charge in [0, 0.05) is 18.9 Å². The van der Waals surface area contributed by atoms with Gasteiger partial charge in [-0.15, -0.1) is 10.2 Å². The molecule has 0 spiro atoms. The minimum Gasteiger partial charge on any atom is -0.425 e. The van der Waals surface area contributed by atoms with Crippen molar-refractivity contribution >= 4 is 0 Å². The molecule has 4 heteroatoms. The molecule has 1 aromatic heterocycles. The highest BCUT2D eigenvalue weighted by molar-refractivity contribution is 4.87. The smallest absolute Gasteiger partial charge is 0.219 e. The average Bonchev–Trinajstić information content (AvgIpc) is 2.61. The fourth-order valence-corrected chi connectivity index (χ4v) is 1.10. The van der Waals surface area contributed by atoms with Crippen molar-refractivity contribution < 1.29 is 4.42 Å². The average molecular weight is 197 g/mol. The van der Waals surface area contributed by atoms with E-state index in [1.54, 1.807) is 0 Å². The molecule has 1 aromatic rings. The summed E-state index contributed by atoms with van der Waals surface area (Å²) in [6, 6.07) is 0. The van der Waals surface area contributed by atoms with Crippen LogP contribution in [-0.2, 0) is 6.42 Å². The number of hydrogen-bond acceptors (Lipinski definition) is 4. The van der Waals surface area contributed by atoms with Gasteiger partial charge in [-0.2, -0.15) is 0 Å². The van der Waals surface area contributed by atoms with E-state index in [1.165, 1.54) is 0 Å². The van der Waals surface area contributed by atoms with Crippen LogP contribution in [0, 0.1) is 0 Å². The molecule has 4 nitrogen and oxygen atoms in total. The van der Waals surface area contributed by atoms with Gasteiger partial charge in [0.25, 0.3) is 0 Å². The highest BCUT2D eigenvalue weighted by atomic mass is 16.4. The van der Waals surface area contributed by atoms with E-state index in [-0.39, 0.29) is 0 Å². The van der Waals surface area contributed by atoms with Crippen LogP contribution >= 0.6 is 0 Å². The maximum absolute atomic E-state index is 5.46. The molecule has 0 bridgehead atoms. The number of rotatable bonds is 6. The van der Waals surface area contributed by atoms with Crippen LogP contribution < -0.4 is 5.32 Å². The lowest BCUT2D eigenvalue weighted by atomic mass is 10.2. The molecule has 0 saturated carbocycles. The second-order valence-corrected chi connectivity index (χ2v) is 3.69. The topological polar surface area (TPSA) is 51.0 Å². The molecule has 0 atom stereocenters. The molecule has 80 valence electrons. The molecule has 0 fully saturated rings. The van der Waals surface area contributed by atoms with Crippen molar-refractivity contribution in [3.63, 3.8) is 0 Å². The molecular weight excluding hydrogens is 178 g/mol. The number of hydrogen-bond donors (Lipinski definition) is 1. The minimum absolute atomic E-state index is 0.319. The first-order valence-corrected chi connectivity index (χ1v) is 5.27. The zero-order valence-corrected chi connectivity index (χ0v) is 9.21. The van der Waals surface area contributed by atoms with Crippen LogP contribution in [0.1, 0.15) is 44.9 Å². The number of nitrogens with one attached hydrogen (secondary N) is 1. The predicted molar refractivity (Wildman–Crippen MR) is 55.3 cm³/mol. The van der Waals surface area contributed by atoms with Gasteiger partial charge in [-0.05, 0) is 13.0 Å². The maximum atomic E-state index is 5.46. The third kappa shape index (κ3) is 3.46. The van der Waals surface area contributed by atoms with Gasteiger partial charge < -0.3 is 9.73 Å². The molecule has 0 radical (unpaired) electrons. The van der Waals surface area contributed by atoms with Crippen molar-refractivity contribution in [1.82, 2.24) is 15.5 Å². The van der Waals surface area contributed by atoms with Crippen molar-refractivity contribution in [2.75, 3.05) is 13.1 Å². The van der Waals surface area contributed by atoms with Crippen LogP contribution in [0.4, 0.5) is 0 Å². The van der Waals surface area contributed by atoms with E-state index < -0.39 is 0 Å². The summed E-state index contributed by atoms with van der Waals surface area (Å²) in [6.45, 7) is 8.20. The Morgan fingerprint density at radius 3 is 2.64 bits per heavy atom. The van der Waals surface area contributed by atoms with Gasteiger partial charge >= 0.3 is 0 Å². The van der Waals surface area contributed by atoms with Crippen LogP contribution in [0.3, 0.4) is 0 Å². The van der Waals surface area contributed by atoms with Crippen molar-refractivity contribution in [3.8, 4) is 0 Å². The molecule has 0 aliphatic heterocycles. The van der Waals surface area contributed by atoms with Crippen LogP contribution in [0.15, 0.2) is 4.42 Å². The Bertz CT molecular complexity index is 258. The molecule has 0 amide bonds. The predicted octanol–water partition coefficient (Wildman–Crippen LogP) is 1.74. The summed E-state index contributed by atoms with van der Waals surface area (Å²) in [5.41, 5.74) is 0. The summed E-state index contributed by atoms with van der Waals surface area (Å²) >= 11 is 0. The fourth-order valence-electron chi connectivity index (χ4n) is 1.10. The third-order valence-corrected chi connectivity index (χ3v) is 1.92. The number of nitrogens with zero attached hydrogens (tertiary/aromatic N) is 2. The summed E-state index contributed by atoms with van der Waals surface area (Å²) in [5, 5.41) is 11.2. The Labute approximate surface area is 85.1 Å². The largest absolute Gasteiger partial charge is 0.425 e. The summed E-state index contributed by atoms with van der Waals surface area (Å²) in [6.07, 6.45) is 1.97. The van der Waals surface area contributed by atoms with Crippen LogP contribution in [-0.4, -0.2) is 23.3 Å². The number of aromatic nitrogens is 2. The third-order valence-electron chi connectivity index (χ3n) is 1.92. The highest BCUT2D eigenvalue weighted by Gasteiger charge is 2.08. The maximum Gasteiger partial charge on any atom is 0.219 e. The van der Waals surface area contributed by atoms with Crippen molar-refractivity contribution in [1.29, 1.82) is 0 Å². The zero-order chi connectivity index (χ0) is 10.4. The van der Waals surface area contributed by atoms with Gasteiger partial charge in [0.1, 0.15) is 0 Å². The monoisotopic (exact) mass is 197 g/mol. The Balaban J connectivity index is 2.29. The summed E-state index contributed by atoms with van der Waals surface area (Å²) in [4.78, 5) is 0. The summed E-state index contributed by atoms with van der Waals surface area (Å²) < 4.78 is 5.46. The van der Waals surface area contributed by atoms with Crippen molar-refractivity contribution in [2.24, 2.45) is 0 Å². The first-order valence-electron chi connectivity index (χ1n) is 5.27. The summed E-state index contributed by atoms with van der Waals surface area (Å²) in [7, 11) is 0. The molecule has 1 rings (SSSR count). The Morgan fingerprint density at radius 2 is 2.07 bits per heavy atom. The fraction of sp³-hybridized carbons (Fsp3) is 0.800. The second kappa shape index (κ2) is 5.75. The van der Waals surface area contributed by atoms with E-state index in [0.717, 1.165) is 37.7 Å². The van der Waals surface area contributed by atoms with Gasteiger partial charge in [-0.25, -0.2) is 0 Å². The Morgan fingerprint density at radius 1 is 1.29 bits per heavy atom. The van der Waals surface area contributed by atoms with E-state index in [9.17, 15) is 0 Å². The van der Waals surface area contributed by atoms with Crippen molar-refractivity contribution in [2.45, 2.75) is 39.5 Å². The highest BCUT2D eigenvalue weighted by Crippen LogP contribution is 2.11. The molecule has 0 aliphatic carbocycles. The van der Waals surface area contributed by atoms with Gasteiger partial charge in [0.05, 0.1) is 0 Å². The van der Waals surface area contributed by atoms with E-state index in [0.29, 0.717) is 5.92 Å². The standard InChI is InChI=1S/C10H19N3O/c1-4-6-11-7-5-9-12-13-10(14-9)8(2)3/h8,11H,4-7H2,1-3H3. The molecule has 1 heterocycles. The Hall–Kier alpha value is -0.900. The van der Waals surface area contributed by atoms with Crippen molar-refractivity contribution in [3.05, 3.63) is 11.8 Å². The molecule has 1 N–H and O–H groups in total. The van der Waals surface area contributed by atoms with Gasteiger partial charge in [0.2, 0.25) is 11.8 Å². The van der Waals surface area contributed by atoms with Gasteiger partial charge in [0.15, 0.2) is 0 Å². The SMILES string of the molecule is CCCNCCc1nnc(C(C)C)o1.